The molecule has 2 aromatic carbocycles. The molecule has 0 aliphatic heterocycles. The number of benzene rings is 2. The van der Waals surface area contributed by atoms with Gasteiger partial charge < -0.3 is 4.52 Å². The third-order valence-corrected chi connectivity index (χ3v) is 3.50. The Morgan fingerprint density at radius 3 is 2.43 bits per heavy atom. The van der Waals surface area contributed by atoms with Crippen molar-refractivity contribution in [3.8, 4) is 11.4 Å². The molecule has 6 nitrogen and oxygen atoms in total. The van der Waals surface area contributed by atoms with Crippen LogP contribution < -0.4 is 0 Å². The molecular weight excluding hydrogens is 294 g/mol. The van der Waals surface area contributed by atoms with Crippen molar-refractivity contribution in [2.75, 3.05) is 0 Å². The molecule has 1 heterocycles. The van der Waals surface area contributed by atoms with E-state index in [0.29, 0.717) is 23.7 Å². The second-order valence-corrected chi connectivity index (χ2v) is 5.15. The fourth-order valence-corrected chi connectivity index (χ4v) is 2.29. The Bertz CT molecular complexity index is 782. The highest BCUT2D eigenvalue weighted by molar-refractivity contribution is 5.56. The van der Waals surface area contributed by atoms with Crippen LogP contribution in [-0.4, -0.2) is 15.1 Å². The predicted octanol–water partition coefficient (Wildman–Crippen LogP) is 3.82. The summed E-state index contributed by atoms with van der Waals surface area (Å²) in [5.41, 5.74) is 2.02. The quantitative estimate of drug-likeness (QED) is 0.510. The largest absolute Gasteiger partial charge is 0.339 e. The number of hydrogen-bond donors (Lipinski definition) is 0. The number of hydrogen-bond acceptors (Lipinski definition) is 5. The lowest BCUT2D eigenvalue weighted by Gasteiger charge is -1.98. The molecule has 0 atom stereocenters. The molecule has 0 N–H and O–H groups in total. The molecule has 0 bridgehead atoms. The number of rotatable bonds is 6. The van der Waals surface area contributed by atoms with Gasteiger partial charge >= 0.3 is 0 Å². The summed E-state index contributed by atoms with van der Waals surface area (Å²) in [6.07, 6.45) is 2.58. The number of nitro benzene ring substituents is 1. The lowest BCUT2D eigenvalue weighted by atomic mass is 10.1. The van der Waals surface area contributed by atoms with Crippen LogP contribution >= 0.6 is 0 Å². The maximum Gasteiger partial charge on any atom is 0.269 e. The van der Waals surface area contributed by atoms with Crippen LogP contribution in [-0.2, 0) is 12.8 Å². The molecule has 0 spiro atoms. The van der Waals surface area contributed by atoms with E-state index in [1.807, 2.05) is 18.2 Å². The first-order valence-corrected chi connectivity index (χ1v) is 7.34. The van der Waals surface area contributed by atoms with Crippen molar-refractivity contribution in [2.24, 2.45) is 0 Å². The molecule has 0 aliphatic rings. The van der Waals surface area contributed by atoms with E-state index in [0.717, 1.165) is 12.8 Å². The minimum atomic E-state index is -0.435. The van der Waals surface area contributed by atoms with E-state index in [-0.39, 0.29) is 5.69 Å². The highest BCUT2D eigenvalue weighted by Crippen LogP contribution is 2.20. The molecule has 1 aromatic heterocycles. The van der Waals surface area contributed by atoms with Gasteiger partial charge in [-0.05, 0) is 30.5 Å². The van der Waals surface area contributed by atoms with Gasteiger partial charge in [0.05, 0.1) is 4.92 Å². The van der Waals surface area contributed by atoms with Crippen molar-refractivity contribution in [1.82, 2.24) is 10.1 Å². The molecule has 0 amide bonds. The van der Waals surface area contributed by atoms with Crippen LogP contribution in [0.25, 0.3) is 11.4 Å². The van der Waals surface area contributed by atoms with Crippen LogP contribution in [0.15, 0.2) is 59.1 Å². The Labute approximate surface area is 132 Å². The fraction of sp³-hybridized carbons (Fsp3) is 0.176. The average Bonchev–Trinajstić information content (AvgIpc) is 3.05. The van der Waals surface area contributed by atoms with Crippen LogP contribution in [0, 0.1) is 10.1 Å². The van der Waals surface area contributed by atoms with Crippen LogP contribution in [0.5, 0.6) is 0 Å². The second-order valence-electron chi connectivity index (χ2n) is 5.15. The summed E-state index contributed by atoms with van der Waals surface area (Å²) in [6.45, 7) is 0. The molecule has 3 aromatic rings. The van der Waals surface area contributed by atoms with Crippen molar-refractivity contribution < 1.29 is 9.45 Å². The van der Waals surface area contributed by atoms with Gasteiger partial charge in [0.2, 0.25) is 11.7 Å². The molecule has 3 rings (SSSR count). The summed E-state index contributed by atoms with van der Waals surface area (Å²) >= 11 is 0. The zero-order valence-electron chi connectivity index (χ0n) is 12.4. The van der Waals surface area contributed by atoms with Crippen LogP contribution in [0.2, 0.25) is 0 Å². The number of aromatic nitrogens is 2. The first kappa shape index (κ1) is 14.9. The number of non-ortho nitro benzene ring substituents is 1. The first-order valence-electron chi connectivity index (χ1n) is 7.34. The van der Waals surface area contributed by atoms with Crippen molar-refractivity contribution in [1.29, 1.82) is 0 Å². The summed E-state index contributed by atoms with van der Waals surface area (Å²) in [5.74, 6) is 1.03. The Morgan fingerprint density at radius 2 is 1.74 bits per heavy atom. The van der Waals surface area contributed by atoms with Gasteiger partial charge in [0.25, 0.3) is 5.69 Å². The molecule has 0 aliphatic carbocycles. The lowest BCUT2D eigenvalue weighted by molar-refractivity contribution is -0.384. The summed E-state index contributed by atoms with van der Waals surface area (Å²) in [6, 6.07) is 16.3. The topological polar surface area (TPSA) is 82.1 Å². The van der Waals surface area contributed by atoms with Crippen LogP contribution in [0.3, 0.4) is 0 Å². The molecule has 0 fully saturated rings. The molecule has 0 saturated heterocycles. The van der Waals surface area contributed by atoms with Crippen molar-refractivity contribution in [3.05, 3.63) is 76.2 Å². The average molecular weight is 309 g/mol. The molecule has 0 unspecified atom stereocenters. The molecule has 116 valence electrons. The first-order chi connectivity index (χ1) is 11.2. The SMILES string of the molecule is O=[N+]([O-])c1ccc(-c2noc(CCCc3ccccc3)n2)cc1. The van der Waals surface area contributed by atoms with Gasteiger partial charge in [-0.25, -0.2) is 0 Å². The highest BCUT2D eigenvalue weighted by atomic mass is 16.6. The summed E-state index contributed by atoms with van der Waals surface area (Å²) in [4.78, 5) is 14.5. The second kappa shape index (κ2) is 6.83. The summed E-state index contributed by atoms with van der Waals surface area (Å²) < 4.78 is 5.24. The molecule has 0 radical (unpaired) electrons. The summed E-state index contributed by atoms with van der Waals surface area (Å²) in [5, 5.41) is 14.6. The van der Waals surface area contributed by atoms with Gasteiger partial charge in [0.1, 0.15) is 0 Å². The van der Waals surface area contributed by atoms with E-state index in [1.165, 1.54) is 17.7 Å². The minimum Gasteiger partial charge on any atom is -0.339 e. The molecule has 0 saturated carbocycles. The zero-order valence-corrected chi connectivity index (χ0v) is 12.4. The van der Waals surface area contributed by atoms with E-state index in [4.69, 9.17) is 4.52 Å². The molecule has 6 heteroatoms. The van der Waals surface area contributed by atoms with Crippen molar-refractivity contribution in [3.63, 3.8) is 0 Å². The Kier molecular flexibility index (Phi) is 4.42. The highest BCUT2D eigenvalue weighted by Gasteiger charge is 2.10. The maximum atomic E-state index is 10.6. The monoisotopic (exact) mass is 309 g/mol. The smallest absolute Gasteiger partial charge is 0.269 e. The zero-order chi connectivity index (χ0) is 16.1. The number of nitrogens with zero attached hydrogens (tertiary/aromatic N) is 3. The van der Waals surface area contributed by atoms with E-state index in [2.05, 4.69) is 22.3 Å². The fourth-order valence-electron chi connectivity index (χ4n) is 2.29. The summed E-state index contributed by atoms with van der Waals surface area (Å²) in [7, 11) is 0. The van der Waals surface area contributed by atoms with Crippen LogP contribution in [0.1, 0.15) is 17.9 Å². The Hall–Kier alpha value is -3.02. The maximum absolute atomic E-state index is 10.6. The lowest BCUT2D eigenvalue weighted by Crippen LogP contribution is -1.90. The third-order valence-electron chi connectivity index (χ3n) is 3.50. The molecular formula is C17H15N3O3. The van der Waals surface area contributed by atoms with Gasteiger partial charge in [-0.3, -0.25) is 10.1 Å². The number of aryl methyl sites for hydroxylation is 2. The molecule has 23 heavy (non-hydrogen) atoms. The van der Waals surface area contributed by atoms with E-state index < -0.39 is 4.92 Å². The normalized spacial score (nSPS) is 10.6. The van der Waals surface area contributed by atoms with E-state index in [1.54, 1.807) is 12.1 Å². The van der Waals surface area contributed by atoms with Crippen LogP contribution in [0.4, 0.5) is 5.69 Å². The predicted molar refractivity (Wildman–Crippen MR) is 84.9 cm³/mol. The standard InChI is InChI=1S/C17H15N3O3/c21-20(22)15-11-9-14(10-12-15)17-18-16(23-19-17)8-4-7-13-5-2-1-3-6-13/h1-3,5-6,9-12H,4,7-8H2. The van der Waals surface area contributed by atoms with Gasteiger partial charge in [-0.2, -0.15) is 4.98 Å². The van der Waals surface area contributed by atoms with E-state index >= 15 is 0 Å². The van der Waals surface area contributed by atoms with Gasteiger partial charge in [0.15, 0.2) is 0 Å². The Balaban J connectivity index is 1.60. The van der Waals surface area contributed by atoms with Gasteiger partial charge in [-0.15, -0.1) is 0 Å². The Morgan fingerprint density at radius 1 is 1.00 bits per heavy atom. The third kappa shape index (κ3) is 3.79. The number of nitro groups is 1. The van der Waals surface area contributed by atoms with E-state index in [9.17, 15) is 10.1 Å². The van der Waals surface area contributed by atoms with Crippen molar-refractivity contribution in [2.45, 2.75) is 19.3 Å². The van der Waals surface area contributed by atoms with Gasteiger partial charge in [0, 0.05) is 24.1 Å². The van der Waals surface area contributed by atoms with Crippen molar-refractivity contribution >= 4 is 5.69 Å². The van der Waals surface area contributed by atoms with Gasteiger partial charge in [-0.1, -0.05) is 35.5 Å². The minimum absolute atomic E-state index is 0.0420.